The molecule has 4 rings (SSSR count). The number of halogens is 1. The highest BCUT2D eigenvalue weighted by Gasteiger charge is 2.23. The summed E-state index contributed by atoms with van der Waals surface area (Å²) in [5.74, 6) is 1.02. The van der Waals surface area contributed by atoms with E-state index < -0.39 is 5.82 Å². The lowest BCUT2D eigenvalue weighted by atomic mass is 10.1. The molecule has 0 unspecified atom stereocenters. The molecule has 0 spiro atoms. The minimum absolute atomic E-state index is 0.148. The zero-order chi connectivity index (χ0) is 20.2. The monoisotopic (exact) mass is 392 g/mol. The number of carbonyl (C=O) groups excluding carboxylic acids is 1. The van der Waals surface area contributed by atoms with Crippen molar-refractivity contribution in [3.8, 4) is 17.0 Å². The minimum atomic E-state index is -0.401. The molecule has 1 fully saturated rings. The third-order valence-electron chi connectivity index (χ3n) is 5.00. The van der Waals surface area contributed by atoms with E-state index in [9.17, 15) is 9.18 Å². The zero-order valence-corrected chi connectivity index (χ0v) is 16.1. The Bertz CT molecular complexity index is 984. The molecule has 6 nitrogen and oxygen atoms in total. The number of anilines is 1. The Morgan fingerprint density at radius 1 is 0.966 bits per heavy atom. The Labute approximate surface area is 168 Å². The van der Waals surface area contributed by atoms with Crippen LogP contribution in [-0.2, 0) is 0 Å². The summed E-state index contributed by atoms with van der Waals surface area (Å²) in [7, 11) is 1.63. The molecular weight excluding hydrogens is 371 g/mol. The number of methoxy groups -OCH3 is 1. The number of ether oxygens (including phenoxy) is 1. The number of benzene rings is 2. The van der Waals surface area contributed by atoms with Crippen molar-refractivity contribution in [2.45, 2.75) is 0 Å². The van der Waals surface area contributed by atoms with Crippen LogP contribution in [0.1, 0.15) is 10.4 Å². The normalized spacial score (nSPS) is 14.0. The van der Waals surface area contributed by atoms with Crippen molar-refractivity contribution in [1.82, 2.24) is 15.1 Å². The summed E-state index contributed by atoms with van der Waals surface area (Å²) >= 11 is 0. The molecule has 1 aliphatic heterocycles. The van der Waals surface area contributed by atoms with E-state index in [2.05, 4.69) is 15.1 Å². The average molecular weight is 392 g/mol. The molecule has 148 valence electrons. The van der Waals surface area contributed by atoms with Crippen LogP contribution in [0, 0.1) is 5.82 Å². The van der Waals surface area contributed by atoms with Gasteiger partial charge in [0.2, 0.25) is 0 Å². The van der Waals surface area contributed by atoms with Gasteiger partial charge in [0.05, 0.1) is 12.8 Å². The molecule has 1 amide bonds. The number of hydrogen-bond donors (Lipinski definition) is 0. The molecule has 2 aromatic carbocycles. The fourth-order valence-electron chi connectivity index (χ4n) is 3.35. The number of aromatic nitrogens is 2. The molecule has 0 aliphatic carbocycles. The molecule has 0 saturated carbocycles. The minimum Gasteiger partial charge on any atom is -0.497 e. The molecule has 1 saturated heterocycles. The first-order chi connectivity index (χ1) is 14.1. The van der Waals surface area contributed by atoms with Crippen molar-refractivity contribution < 1.29 is 13.9 Å². The van der Waals surface area contributed by atoms with E-state index in [0.29, 0.717) is 31.7 Å². The van der Waals surface area contributed by atoms with Gasteiger partial charge in [-0.2, -0.15) is 0 Å². The van der Waals surface area contributed by atoms with Crippen LogP contribution in [0.15, 0.2) is 60.7 Å². The lowest BCUT2D eigenvalue weighted by molar-refractivity contribution is 0.0746. The molecular formula is C22H21FN4O2. The van der Waals surface area contributed by atoms with Gasteiger partial charge in [-0.25, -0.2) is 4.39 Å². The highest BCUT2D eigenvalue weighted by Crippen LogP contribution is 2.22. The highest BCUT2D eigenvalue weighted by molar-refractivity contribution is 5.94. The fourth-order valence-corrected chi connectivity index (χ4v) is 3.35. The first-order valence-electron chi connectivity index (χ1n) is 9.42. The maximum Gasteiger partial charge on any atom is 0.254 e. The van der Waals surface area contributed by atoms with Crippen LogP contribution >= 0.6 is 0 Å². The largest absolute Gasteiger partial charge is 0.497 e. The lowest BCUT2D eigenvalue weighted by Crippen LogP contribution is -2.49. The van der Waals surface area contributed by atoms with Gasteiger partial charge < -0.3 is 14.5 Å². The molecule has 7 heteroatoms. The SMILES string of the molecule is COc1ccc(-c2ccc(N3CCN(C(=O)c4cccc(F)c4)CC3)nn2)cc1. The second-order valence-electron chi connectivity index (χ2n) is 6.79. The summed E-state index contributed by atoms with van der Waals surface area (Å²) < 4.78 is 18.5. The Morgan fingerprint density at radius 3 is 2.34 bits per heavy atom. The number of amides is 1. The molecule has 0 bridgehead atoms. The Morgan fingerprint density at radius 2 is 1.72 bits per heavy atom. The molecule has 29 heavy (non-hydrogen) atoms. The van der Waals surface area contributed by atoms with Crippen molar-refractivity contribution in [2.24, 2.45) is 0 Å². The van der Waals surface area contributed by atoms with Gasteiger partial charge in [-0.05, 0) is 54.6 Å². The van der Waals surface area contributed by atoms with Crippen LogP contribution in [0.25, 0.3) is 11.3 Å². The quantitative estimate of drug-likeness (QED) is 0.682. The fraction of sp³-hybridized carbons (Fsp3) is 0.227. The van der Waals surface area contributed by atoms with Crippen LogP contribution in [0.4, 0.5) is 10.2 Å². The van der Waals surface area contributed by atoms with Crippen LogP contribution in [0.2, 0.25) is 0 Å². The average Bonchev–Trinajstić information content (AvgIpc) is 2.79. The summed E-state index contributed by atoms with van der Waals surface area (Å²) in [6.45, 7) is 2.41. The molecule has 1 aliphatic rings. The van der Waals surface area contributed by atoms with Crippen molar-refractivity contribution in [2.75, 3.05) is 38.2 Å². The lowest BCUT2D eigenvalue weighted by Gasteiger charge is -2.35. The number of piperazine rings is 1. The van der Waals surface area contributed by atoms with Crippen LogP contribution in [0.5, 0.6) is 5.75 Å². The van der Waals surface area contributed by atoms with E-state index in [0.717, 1.165) is 22.8 Å². The van der Waals surface area contributed by atoms with E-state index in [4.69, 9.17) is 4.74 Å². The van der Waals surface area contributed by atoms with Gasteiger partial charge in [0, 0.05) is 37.3 Å². The van der Waals surface area contributed by atoms with Gasteiger partial charge in [-0.1, -0.05) is 6.07 Å². The second-order valence-corrected chi connectivity index (χ2v) is 6.79. The predicted molar refractivity (Wildman–Crippen MR) is 109 cm³/mol. The van der Waals surface area contributed by atoms with Crippen molar-refractivity contribution in [1.29, 1.82) is 0 Å². The van der Waals surface area contributed by atoms with E-state index in [-0.39, 0.29) is 5.91 Å². The number of rotatable bonds is 4. The van der Waals surface area contributed by atoms with Crippen molar-refractivity contribution >= 4 is 11.7 Å². The maximum absolute atomic E-state index is 13.4. The van der Waals surface area contributed by atoms with E-state index >= 15 is 0 Å². The Hall–Kier alpha value is -3.48. The summed E-state index contributed by atoms with van der Waals surface area (Å²) in [4.78, 5) is 16.4. The van der Waals surface area contributed by atoms with Crippen LogP contribution < -0.4 is 9.64 Å². The number of carbonyl (C=O) groups is 1. The molecule has 0 radical (unpaired) electrons. The Balaban J connectivity index is 1.38. The zero-order valence-electron chi connectivity index (χ0n) is 16.1. The van der Waals surface area contributed by atoms with Gasteiger partial charge in [-0.3, -0.25) is 4.79 Å². The van der Waals surface area contributed by atoms with Crippen molar-refractivity contribution in [3.05, 3.63) is 72.0 Å². The highest BCUT2D eigenvalue weighted by atomic mass is 19.1. The first-order valence-corrected chi connectivity index (χ1v) is 9.42. The second kappa shape index (κ2) is 8.26. The van der Waals surface area contributed by atoms with Gasteiger partial charge in [0.1, 0.15) is 11.6 Å². The van der Waals surface area contributed by atoms with Gasteiger partial charge >= 0.3 is 0 Å². The third-order valence-corrected chi connectivity index (χ3v) is 5.00. The van der Waals surface area contributed by atoms with Crippen LogP contribution in [-0.4, -0.2) is 54.3 Å². The maximum atomic E-state index is 13.4. The summed E-state index contributed by atoms with van der Waals surface area (Å²) in [5.41, 5.74) is 2.13. The summed E-state index contributed by atoms with van der Waals surface area (Å²) in [6, 6.07) is 17.4. The molecule has 3 aromatic rings. The van der Waals surface area contributed by atoms with E-state index in [1.54, 1.807) is 24.1 Å². The molecule has 0 N–H and O–H groups in total. The van der Waals surface area contributed by atoms with Crippen LogP contribution in [0.3, 0.4) is 0 Å². The van der Waals surface area contributed by atoms with E-state index in [1.165, 1.54) is 12.1 Å². The van der Waals surface area contributed by atoms with Gasteiger partial charge in [0.15, 0.2) is 5.82 Å². The number of hydrogen-bond acceptors (Lipinski definition) is 5. The smallest absolute Gasteiger partial charge is 0.254 e. The predicted octanol–water partition coefficient (Wildman–Crippen LogP) is 3.25. The molecule has 1 aromatic heterocycles. The Kier molecular flexibility index (Phi) is 5.37. The van der Waals surface area contributed by atoms with E-state index in [1.807, 2.05) is 36.4 Å². The topological polar surface area (TPSA) is 58.6 Å². The van der Waals surface area contributed by atoms with Crippen molar-refractivity contribution in [3.63, 3.8) is 0 Å². The molecule has 2 heterocycles. The summed E-state index contributed by atoms with van der Waals surface area (Å²) in [5, 5.41) is 8.69. The van der Waals surface area contributed by atoms with Gasteiger partial charge in [-0.15, -0.1) is 10.2 Å². The first kappa shape index (κ1) is 18.9. The molecule has 0 atom stereocenters. The summed E-state index contributed by atoms with van der Waals surface area (Å²) in [6.07, 6.45) is 0. The third kappa shape index (κ3) is 4.18. The standard InChI is InChI=1S/C22H21FN4O2/c1-29-19-7-5-16(6-8-19)20-9-10-21(25-24-20)26-11-13-27(14-12-26)22(28)17-3-2-4-18(23)15-17/h2-10,15H,11-14H2,1H3. The number of nitrogens with zero attached hydrogens (tertiary/aromatic N) is 4. The van der Waals surface area contributed by atoms with Gasteiger partial charge in [0.25, 0.3) is 5.91 Å².